The lowest BCUT2D eigenvalue weighted by Gasteiger charge is -2.24. The minimum absolute atomic E-state index is 0.270. The van der Waals surface area contributed by atoms with Crippen molar-refractivity contribution in [2.24, 2.45) is 0 Å². The van der Waals surface area contributed by atoms with Crippen LogP contribution in [-0.2, 0) is 0 Å². The van der Waals surface area contributed by atoms with Crippen LogP contribution in [0.15, 0.2) is 28.7 Å². The monoisotopic (exact) mass is 301 g/mol. The summed E-state index contributed by atoms with van der Waals surface area (Å²) in [4.78, 5) is 0. The molecule has 0 fully saturated rings. The summed E-state index contributed by atoms with van der Waals surface area (Å²) in [5.74, 6) is 0.753. The number of aliphatic hydroxyl groups is 1. The first-order valence-corrected chi connectivity index (χ1v) is 6.65. The Bertz CT molecular complexity index is 342. The molecule has 0 amide bonds. The van der Waals surface area contributed by atoms with E-state index in [9.17, 15) is 5.11 Å². The Morgan fingerprint density at radius 1 is 1.41 bits per heavy atom. The molecule has 1 aromatic rings. The van der Waals surface area contributed by atoms with E-state index in [4.69, 9.17) is 4.74 Å². The number of benzene rings is 1. The van der Waals surface area contributed by atoms with Gasteiger partial charge in [0.15, 0.2) is 0 Å². The second-order valence-corrected chi connectivity index (χ2v) is 5.25. The molecule has 17 heavy (non-hydrogen) atoms. The van der Waals surface area contributed by atoms with Gasteiger partial charge in [-0.3, -0.25) is 0 Å². The van der Waals surface area contributed by atoms with Crippen molar-refractivity contribution in [2.75, 3.05) is 19.7 Å². The van der Waals surface area contributed by atoms with Crippen LogP contribution in [0.25, 0.3) is 0 Å². The lowest BCUT2D eigenvalue weighted by molar-refractivity contribution is 0.0122. The fourth-order valence-electron chi connectivity index (χ4n) is 1.38. The zero-order valence-corrected chi connectivity index (χ0v) is 12.0. The maximum absolute atomic E-state index is 10.1. The fraction of sp³-hybridized carbons (Fsp3) is 0.538. The third-order valence-corrected chi connectivity index (χ3v) is 2.96. The van der Waals surface area contributed by atoms with Gasteiger partial charge in [0.1, 0.15) is 18.0 Å². The van der Waals surface area contributed by atoms with Gasteiger partial charge in [0, 0.05) is 6.54 Å². The van der Waals surface area contributed by atoms with E-state index >= 15 is 0 Å². The van der Waals surface area contributed by atoms with Crippen LogP contribution in [0.2, 0.25) is 0 Å². The zero-order chi connectivity index (χ0) is 12.7. The Hall–Kier alpha value is -0.580. The normalized spacial score (nSPS) is 14.4. The highest BCUT2D eigenvalue weighted by Crippen LogP contribution is 2.24. The van der Waals surface area contributed by atoms with E-state index in [1.807, 2.05) is 24.3 Å². The highest BCUT2D eigenvalue weighted by molar-refractivity contribution is 9.10. The Labute approximate surface area is 111 Å². The summed E-state index contributed by atoms with van der Waals surface area (Å²) in [5.41, 5.74) is -0.857. The lowest BCUT2D eigenvalue weighted by Crippen LogP contribution is -2.43. The molecule has 1 unspecified atom stereocenters. The quantitative estimate of drug-likeness (QED) is 0.761. The molecule has 4 heteroatoms. The number of ether oxygens (including phenoxy) is 1. The second kappa shape index (κ2) is 6.99. The van der Waals surface area contributed by atoms with E-state index in [0.29, 0.717) is 6.54 Å². The van der Waals surface area contributed by atoms with Crippen molar-refractivity contribution in [3.63, 3.8) is 0 Å². The second-order valence-electron chi connectivity index (χ2n) is 4.39. The van der Waals surface area contributed by atoms with Crippen molar-refractivity contribution in [1.82, 2.24) is 5.32 Å². The minimum Gasteiger partial charge on any atom is -0.489 e. The molecular formula is C13H20BrNO2. The molecule has 0 aliphatic carbocycles. The lowest BCUT2D eigenvalue weighted by atomic mass is 10.1. The third-order valence-electron chi connectivity index (χ3n) is 2.31. The maximum Gasteiger partial charge on any atom is 0.133 e. The van der Waals surface area contributed by atoms with Gasteiger partial charge >= 0.3 is 0 Å². The smallest absolute Gasteiger partial charge is 0.133 e. The van der Waals surface area contributed by atoms with Crippen LogP contribution in [0.4, 0.5) is 0 Å². The summed E-state index contributed by atoms with van der Waals surface area (Å²) in [6.45, 7) is 5.58. The van der Waals surface area contributed by atoms with Crippen LogP contribution in [0, 0.1) is 0 Å². The molecular weight excluding hydrogens is 282 g/mol. The first-order chi connectivity index (χ1) is 8.05. The van der Waals surface area contributed by atoms with Gasteiger partial charge < -0.3 is 15.2 Å². The Kier molecular flexibility index (Phi) is 5.95. The zero-order valence-electron chi connectivity index (χ0n) is 10.4. The number of para-hydroxylation sites is 1. The molecule has 1 rings (SSSR count). The standard InChI is InChI=1S/C13H20BrNO2/c1-3-8-15-9-13(2,16)10-17-12-7-5-4-6-11(12)14/h4-7,15-16H,3,8-10H2,1-2H3. The number of nitrogens with one attached hydrogen (secondary N) is 1. The molecule has 0 radical (unpaired) electrons. The van der Waals surface area contributed by atoms with Gasteiger partial charge in [-0.2, -0.15) is 0 Å². The summed E-state index contributed by atoms with van der Waals surface area (Å²) < 4.78 is 6.50. The van der Waals surface area contributed by atoms with Crippen molar-refractivity contribution in [1.29, 1.82) is 0 Å². The number of rotatable bonds is 7. The predicted molar refractivity (Wildman–Crippen MR) is 73.4 cm³/mol. The van der Waals surface area contributed by atoms with Gasteiger partial charge in [-0.25, -0.2) is 0 Å². The largest absolute Gasteiger partial charge is 0.489 e. The highest BCUT2D eigenvalue weighted by Gasteiger charge is 2.21. The molecule has 3 nitrogen and oxygen atoms in total. The number of halogens is 1. The van der Waals surface area contributed by atoms with E-state index in [0.717, 1.165) is 23.2 Å². The van der Waals surface area contributed by atoms with Crippen molar-refractivity contribution in [3.05, 3.63) is 28.7 Å². The summed E-state index contributed by atoms with van der Waals surface area (Å²) in [5, 5.41) is 13.3. The average molecular weight is 302 g/mol. The van der Waals surface area contributed by atoms with Crippen molar-refractivity contribution < 1.29 is 9.84 Å². The van der Waals surface area contributed by atoms with Gasteiger partial charge in [0.2, 0.25) is 0 Å². The van der Waals surface area contributed by atoms with Crippen LogP contribution in [0.3, 0.4) is 0 Å². The van der Waals surface area contributed by atoms with Crippen LogP contribution in [0.5, 0.6) is 5.75 Å². The molecule has 0 bridgehead atoms. The van der Waals surface area contributed by atoms with Crippen molar-refractivity contribution in [2.45, 2.75) is 25.9 Å². The number of hydrogen-bond donors (Lipinski definition) is 2. The van der Waals surface area contributed by atoms with Crippen LogP contribution in [-0.4, -0.2) is 30.4 Å². The highest BCUT2D eigenvalue weighted by atomic mass is 79.9. The molecule has 0 saturated carbocycles. The van der Waals surface area contributed by atoms with Gasteiger partial charge in [-0.15, -0.1) is 0 Å². The third kappa shape index (κ3) is 5.52. The molecule has 1 atom stereocenters. The Morgan fingerprint density at radius 3 is 2.76 bits per heavy atom. The van der Waals surface area contributed by atoms with E-state index in [2.05, 4.69) is 28.2 Å². The molecule has 0 aliphatic heterocycles. The van der Waals surface area contributed by atoms with Crippen LogP contribution in [0.1, 0.15) is 20.3 Å². The first-order valence-electron chi connectivity index (χ1n) is 5.85. The predicted octanol–water partition coefficient (Wildman–Crippen LogP) is 2.58. The molecule has 2 N–H and O–H groups in total. The summed E-state index contributed by atoms with van der Waals surface area (Å²) in [6, 6.07) is 7.63. The molecule has 0 aliphatic rings. The summed E-state index contributed by atoms with van der Waals surface area (Å²) in [7, 11) is 0. The average Bonchev–Trinajstić information content (AvgIpc) is 2.28. The summed E-state index contributed by atoms with van der Waals surface area (Å²) >= 11 is 3.41. The van der Waals surface area contributed by atoms with Gasteiger partial charge in [-0.1, -0.05) is 19.1 Å². The van der Waals surface area contributed by atoms with E-state index in [1.165, 1.54) is 0 Å². The van der Waals surface area contributed by atoms with Crippen LogP contribution >= 0.6 is 15.9 Å². The van der Waals surface area contributed by atoms with E-state index < -0.39 is 5.60 Å². The SMILES string of the molecule is CCCNCC(C)(O)COc1ccccc1Br. The van der Waals surface area contributed by atoms with Gasteiger partial charge in [0.25, 0.3) is 0 Å². The Balaban J connectivity index is 2.41. The van der Waals surface area contributed by atoms with Crippen molar-refractivity contribution in [3.8, 4) is 5.75 Å². The molecule has 0 saturated heterocycles. The molecule has 1 aromatic carbocycles. The number of hydrogen-bond acceptors (Lipinski definition) is 3. The van der Waals surface area contributed by atoms with E-state index in [1.54, 1.807) is 6.92 Å². The minimum atomic E-state index is -0.857. The van der Waals surface area contributed by atoms with Crippen LogP contribution < -0.4 is 10.1 Å². The molecule has 0 aromatic heterocycles. The first kappa shape index (κ1) is 14.5. The van der Waals surface area contributed by atoms with E-state index in [-0.39, 0.29) is 6.61 Å². The maximum atomic E-state index is 10.1. The Morgan fingerprint density at radius 2 is 2.12 bits per heavy atom. The van der Waals surface area contributed by atoms with Gasteiger partial charge in [-0.05, 0) is 48.0 Å². The topological polar surface area (TPSA) is 41.5 Å². The molecule has 0 heterocycles. The van der Waals surface area contributed by atoms with Gasteiger partial charge in [0.05, 0.1) is 4.47 Å². The molecule has 96 valence electrons. The fourth-order valence-corrected chi connectivity index (χ4v) is 1.78. The summed E-state index contributed by atoms with van der Waals surface area (Å²) in [6.07, 6.45) is 1.06. The molecule has 0 spiro atoms. The van der Waals surface area contributed by atoms with Crippen molar-refractivity contribution >= 4 is 15.9 Å².